The minimum absolute atomic E-state index is 0.0877. The lowest BCUT2D eigenvalue weighted by Gasteiger charge is -1.96. The van der Waals surface area contributed by atoms with E-state index < -0.39 is 0 Å². The van der Waals surface area contributed by atoms with E-state index in [1.165, 1.54) is 0 Å². The average molecular weight is 218 g/mol. The van der Waals surface area contributed by atoms with E-state index in [9.17, 15) is 5.11 Å². The maximum Gasteiger partial charge on any atom is 0.211 e. The Kier molecular flexibility index (Phi) is 4.08. The predicted molar refractivity (Wildman–Crippen MR) is 66.1 cm³/mol. The molecule has 1 aromatic carbocycles. The Morgan fingerprint density at radius 3 is 2.56 bits per heavy atom. The van der Waals surface area contributed by atoms with Crippen molar-refractivity contribution in [1.82, 2.24) is 0 Å². The molecule has 0 radical (unpaired) electrons. The zero-order valence-corrected chi connectivity index (χ0v) is 8.96. The molecule has 0 saturated carbocycles. The van der Waals surface area contributed by atoms with Crippen LogP contribution in [0.1, 0.15) is 12.5 Å². The van der Waals surface area contributed by atoms with E-state index in [4.69, 9.17) is 11.5 Å². The molecule has 5 N–H and O–H groups in total. The fraction of sp³-hybridized carbons (Fsp3) is 0.0909. The lowest BCUT2D eigenvalue weighted by molar-refractivity contribution is 0.474. The quantitative estimate of drug-likeness (QED) is 0.402. The van der Waals surface area contributed by atoms with Crippen molar-refractivity contribution in [3.8, 4) is 5.75 Å². The van der Waals surface area contributed by atoms with Gasteiger partial charge < -0.3 is 16.6 Å². The van der Waals surface area contributed by atoms with Crippen LogP contribution in [0.3, 0.4) is 0 Å². The van der Waals surface area contributed by atoms with Crippen LogP contribution in [0.25, 0.3) is 6.08 Å². The predicted octanol–water partition coefficient (Wildman–Crippen LogP) is 1.05. The van der Waals surface area contributed by atoms with Crippen LogP contribution in [-0.4, -0.2) is 16.8 Å². The molecular weight excluding hydrogens is 204 g/mol. The molecule has 16 heavy (non-hydrogen) atoms. The molecule has 0 atom stereocenters. The summed E-state index contributed by atoms with van der Waals surface area (Å²) < 4.78 is 0. The molecule has 0 aromatic heterocycles. The number of hydrogen-bond donors (Lipinski definition) is 3. The molecule has 0 aliphatic carbocycles. The van der Waals surface area contributed by atoms with E-state index in [2.05, 4.69) is 10.2 Å². The number of nitrogens with two attached hydrogens (primary N) is 2. The van der Waals surface area contributed by atoms with Crippen LogP contribution in [0.4, 0.5) is 0 Å². The summed E-state index contributed by atoms with van der Waals surface area (Å²) in [6.07, 6.45) is 3.44. The van der Waals surface area contributed by atoms with Gasteiger partial charge in [0.25, 0.3) is 0 Å². The van der Waals surface area contributed by atoms with E-state index >= 15 is 0 Å². The standard InChI is InChI=1S/C11H14N4O/c1-8(14-15-11(12)13)6-7-9-4-2-3-5-10(9)16/h2-7,16H,1H3,(H4,12,13,15)/b7-6-,14-8+. The third-order valence-corrected chi connectivity index (χ3v) is 1.76. The second kappa shape index (κ2) is 5.55. The smallest absolute Gasteiger partial charge is 0.211 e. The first-order valence-corrected chi connectivity index (χ1v) is 4.69. The highest BCUT2D eigenvalue weighted by atomic mass is 16.3. The van der Waals surface area contributed by atoms with Gasteiger partial charge in [0.1, 0.15) is 5.75 Å². The van der Waals surface area contributed by atoms with E-state index in [0.717, 1.165) is 0 Å². The summed E-state index contributed by atoms with van der Waals surface area (Å²) in [5.41, 5.74) is 11.6. The fourth-order valence-electron chi connectivity index (χ4n) is 1.01. The molecule has 5 heteroatoms. The summed E-state index contributed by atoms with van der Waals surface area (Å²) in [5, 5.41) is 16.7. The van der Waals surface area contributed by atoms with Crippen LogP contribution >= 0.6 is 0 Å². The van der Waals surface area contributed by atoms with Crippen molar-refractivity contribution in [3.05, 3.63) is 35.9 Å². The SMILES string of the molecule is CC(/C=C\c1ccccc1O)=N\N=C(N)N. The molecule has 0 amide bonds. The Morgan fingerprint density at radius 1 is 1.25 bits per heavy atom. The molecule has 1 aromatic rings. The first-order valence-electron chi connectivity index (χ1n) is 4.69. The van der Waals surface area contributed by atoms with Gasteiger partial charge in [-0.3, -0.25) is 0 Å². The number of phenolic OH excluding ortho intramolecular Hbond substituents is 1. The number of rotatable bonds is 3. The van der Waals surface area contributed by atoms with Gasteiger partial charge in [0.2, 0.25) is 5.96 Å². The molecule has 0 saturated heterocycles. The lowest BCUT2D eigenvalue weighted by Crippen LogP contribution is -2.21. The van der Waals surface area contributed by atoms with Crippen LogP contribution < -0.4 is 11.5 Å². The van der Waals surface area contributed by atoms with Gasteiger partial charge in [-0.05, 0) is 25.1 Å². The van der Waals surface area contributed by atoms with Crippen molar-refractivity contribution in [1.29, 1.82) is 0 Å². The molecule has 0 aliphatic rings. The molecule has 0 unspecified atom stereocenters. The van der Waals surface area contributed by atoms with Crippen molar-refractivity contribution in [3.63, 3.8) is 0 Å². The minimum Gasteiger partial charge on any atom is -0.507 e. The third kappa shape index (κ3) is 3.83. The summed E-state index contributed by atoms with van der Waals surface area (Å²) in [6.45, 7) is 1.75. The van der Waals surface area contributed by atoms with Crippen molar-refractivity contribution >= 4 is 17.7 Å². The molecule has 0 spiro atoms. The number of benzene rings is 1. The molecular formula is C11H14N4O. The normalized spacial score (nSPS) is 11.7. The summed E-state index contributed by atoms with van der Waals surface area (Å²) >= 11 is 0. The average Bonchev–Trinajstić information content (AvgIpc) is 2.25. The Bertz CT molecular complexity index is 445. The number of allylic oxidation sites excluding steroid dienone is 1. The first-order chi connectivity index (χ1) is 7.59. The highest BCUT2D eigenvalue weighted by Gasteiger charge is 1.93. The van der Waals surface area contributed by atoms with Gasteiger partial charge in [0.15, 0.2) is 0 Å². The Balaban J connectivity index is 2.78. The van der Waals surface area contributed by atoms with E-state index in [1.807, 2.05) is 6.07 Å². The number of phenols is 1. The van der Waals surface area contributed by atoms with Crippen molar-refractivity contribution < 1.29 is 5.11 Å². The highest BCUT2D eigenvalue weighted by Crippen LogP contribution is 2.16. The van der Waals surface area contributed by atoms with Gasteiger partial charge in [-0.2, -0.15) is 5.10 Å². The maximum absolute atomic E-state index is 9.48. The molecule has 0 heterocycles. The molecule has 0 aliphatic heterocycles. The molecule has 1 rings (SSSR count). The molecule has 0 fully saturated rings. The maximum atomic E-state index is 9.48. The zero-order valence-electron chi connectivity index (χ0n) is 8.96. The second-order valence-corrected chi connectivity index (χ2v) is 3.16. The van der Waals surface area contributed by atoms with Gasteiger partial charge in [0, 0.05) is 5.56 Å². The van der Waals surface area contributed by atoms with Gasteiger partial charge >= 0.3 is 0 Å². The number of nitrogens with zero attached hydrogens (tertiary/aromatic N) is 2. The Morgan fingerprint density at radius 2 is 1.94 bits per heavy atom. The Hall–Kier alpha value is -2.30. The van der Waals surface area contributed by atoms with Crippen LogP contribution in [-0.2, 0) is 0 Å². The second-order valence-electron chi connectivity index (χ2n) is 3.16. The first kappa shape index (κ1) is 11.8. The molecule has 0 bridgehead atoms. The van der Waals surface area contributed by atoms with Crippen LogP contribution in [0, 0.1) is 0 Å². The van der Waals surface area contributed by atoms with Crippen LogP contribution in [0.15, 0.2) is 40.5 Å². The topological polar surface area (TPSA) is 97.0 Å². The van der Waals surface area contributed by atoms with E-state index in [0.29, 0.717) is 11.3 Å². The number of hydrogen-bond acceptors (Lipinski definition) is 3. The van der Waals surface area contributed by atoms with Gasteiger partial charge in [-0.25, -0.2) is 0 Å². The zero-order chi connectivity index (χ0) is 12.0. The van der Waals surface area contributed by atoms with Crippen LogP contribution in [0.2, 0.25) is 0 Å². The number of aromatic hydroxyl groups is 1. The highest BCUT2D eigenvalue weighted by molar-refractivity contribution is 5.96. The minimum atomic E-state index is -0.0877. The van der Waals surface area contributed by atoms with Gasteiger partial charge in [-0.15, -0.1) is 5.10 Å². The number of para-hydroxylation sites is 1. The monoisotopic (exact) mass is 218 g/mol. The van der Waals surface area contributed by atoms with Gasteiger partial charge in [0.05, 0.1) is 5.71 Å². The van der Waals surface area contributed by atoms with E-state index in [1.54, 1.807) is 37.3 Å². The van der Waals surface area contributed by atoms with Crippen molar-refractivity contribution in [2.24, 2.45) is 21.7 Å². The van der Waals surface area contributed by atoms with Crippen LogP contribution in [0.5, 0.6) is 5.75 Å². The van der Waals surface area contributed by atoms with E-state index in [-0.39, 0.29) is 11.7 Å². The number of guanidine groups is 1. The summed E-state index contributed by atoms with van der Waals surface area (Å²) in [4.78, 5) is 0. The third-order valence-electron chi connectivity index (χ3n) is 1.76. The summed E-state index contributed by atoms with van der Waals surface area (Å²) in [7, 11) is 0. The summed E-state index contributed by atoms with van der Waals surface area (Å²) in [6, 6.07) is 7.00. The van der Waals surface area contributed by atoms with Crippen molar-refractivity contribution in [2.75, 3.05) is 0 Å². The molecule has 84 valence electrons. The summed E-state index contributed by atoms with van der Waals surface area (Å²) in [5.74, 6) is 0.128. The van der Waals surface area contributed by atoms with Gasteiger partial charge in [-0.1, -0.05) is 18.2 Å². The fourth-order valence-corrected chi connectivity index (χ4v) is 1.01. The Labute approximate surface area is 93.8 Å². The van der Waals surface area contributed by atoms with Crippen molar-refractivity contribution in [2.45, 2.75) is 6.92 Å². The largest absolute Gasteiger partial charge is 0.507 e. The lowest BCUT2D eigenvalue weighted by atomic mass is 10.2. The molecule has 5 nitrogen and oxygen atoms in total.